The van der Waals surface area contributed by atoms with Crippen molar-refractivity contribution in [1.82, 2.24) is 19.9 Å². The van der Waals surface area contributed by atoms with E-state index in [2.05, 4.69) is 15.5 Å². The molecule has 0 saturated heterocycles. The lowest BCUT2D eigenvalue weighted by molar-refractivity contribution is 0.747. The molecule has 2 rings (SSSR count). The molecule has 1 N–H and O–H groups in total. The van der Waals surface area contributed by atoms with E-state index in [1.54, 1.807) is 0 Å². The van der Waals surface area contributed by atoms with Crippen molar-refractivity contribution in [3.8, 4) is 0 Å². The molecule has 0 saturated carbocycles. The van der Waals surface area contributed by atoms with Crippen LogP contribution >= 0.6 is 12.4 Å². The summed E-state index contributed by atoms with van der Waals surface area (Å²) in [6.07, 6.45) is 1.96. The summed E-state index contributed by atoms with van der Waals surface area (Å²) in [5, 5.41) is 11.1. The summed E-state index contributed by atoms with van der Waals surface area (Å²) in [6, 6.07) is 5.86. The van der Waals surface area contributed by atoms with Crippen LogP contribution in [0.4, 0.5) is 0 Å². The van der Waals surface area contributed by atoms with Crippen molar-refractivity contribution in [2.45, 2.75) is 6.54 Å². The van der Waals surface area contributed by atoms with Crippen molar-refractivity contribution in [3.05, 3.63) is 30.2 Å². The molecule has 0 atom stereocenters. The van der Waals surface area contributed by atoms with Gasteiger partial charge >= 0.3 is 0 Å². The Morgan fingerprint density at radius 1 is 1.38 bits per heavy atom. The molecular formula is C8H11ClN4. The van der Waals surface area contributed by atoms with Crippen LogP contribution in [0.25, 0.3) is 5.65 Å². The van der Waals surface area contributed by atoms with Gasteiger partial charge in [-0.25, -0.2) is 0 Å². The Labute approximate surface area is 82.4 Å². The Balaban J connectivity index is 0.000000845. The molecule has 0 bridgehead atoms. The first kappa shape index (κ1) is 9.95. The summed E-state index contributed by atoms with van der Waals surface area (Å²) >= 11 is 0. The Bertz CT molecular complexity index is 384. The fourth-order valence-electron chi connectivity index (χ4n) is 1.17. The highest BCUT2D eigenvalue weighted by molar-refractivity contribution is 5.85. The van der Waals surface area contributed by atoms with E-state index in [1.165, 1.54) is 0 Å². The van der Waals surface area contributed by atoms with Crippen LogP contribution in [0.1, 0.15) is 5.82 Å². The zero-order valence-electron chi connectivity index (χ0n) is 7.27. The number of halogens is 1. The van der Waals surface area contributed by atoms with Crippen LogP contribution < -0.4 is 5.32 Å². The number of nitrogens with zero attached hydrogens (tertiary/aromatic N) is 3. The van der Waals surface area contributed by atoms with Gasteiger partial charge in [-0.3, -0.25) is 4.40 Å². The molecule has 2 aromatic rings. The third kappa shape index (κ3) is 1.79. The molecule has 70 valence electrons. The quantitative estimate of drug-likeness (QED) is 0.779. The lowest BCUT2D eigenvalue weighted by Gasteiger charge is -1.96. The van der Waals surface area contributed by atoms with Crippen molar-refractivity contribution >= 4 is 18.1 Å². The maximum atomic E-state index is 4.04. The lowest BCUT2D eigenvalue weighted by Crippen LogP contribution is -2.08. The van der Waals surface area contributed by atoms with Crippen LogP contribution in [-0.2, 0) is 6.54 Å². The molecule has 0 radical (unpaired) electrons. The molecule has 0 aliphatic heterocycles. The second kappa shape index (κ2) is 4.20. The third-order valence-corrected chi connectivity index (χ3v) is 1.72. The fourth-order valence-corrected chi connectivity index (χ4v) is 1.17. The number of hydrogen-bond acceptors (Lipinski definition) is 3. The Morgan fingerprint density at radius 3 is 3.00 bits per heavy atom. The highest BCUT2D eigenvalue weighted by Crippen LogP contribution is 2.01. The lowest BCUT2D eigenvalue weighted by atomic mass is 10.4. The van der Waals surface area contributed by atoms with E-state index in [-0.39, 0.29) is 12.4 Å². The molecule has 0 unspecified atom stereocenters. The van der Waals surface area contributed by atoms with Crippen LogP contribution in [0.3, 0.4) is 0 Å². The molecule has 0 fully saturated rings. The van der Waals surface area contributed by atoms with E-state index in [1.807, 2.05) is 35.8 Å². The van der Waals surface area contributed by atoms with E-state index < -0.39 is 0 Å². The van der Waals surface area contributed by atoms with Crippen molar-refractivity contribution in [3.63, 3.8) is 0 Å². The van der Waals surface area contributed by atoms with E-state index in [4.69, 9.17) is 0 Å². The maximum absolute atomic E-state index is 4.04. The van der Waals surface area contributed by atoms with Gasteiger partial charge in [-0.2, -0.15) is 0 Å². The Morgan fingerprint density at radius 2 is 2.23 bits per heavy atom. The summed E-state index contributed by atoms with van der Waals surface area (Å²) in [7, 11) is 1.89. The molecule has 0 amide bonds. The molecule has 2 heterocycles. The van der Waals surface area contributed by atoms with E-state index in [0.29, 0.717) is 0 Å². The number of hydrogen-bond donors (Lipinski definition) is 1. The number of aromatic nitrogens is 3. The summed E-state index contributed by atoms with van der Waals surface area (Å²) in [5.41, 5.74) is 0.891. The van der Waals surface area contributed by atoms with Crippen molar-refractivity contribution < 1.29 is 0 Å². The topological polar surface area (TPSA) is 42.2 Å². The summed E-state index contributed by atoms with van der Waals surface area (Å²) < 4.78 is 1.97. The second-order valence-electron chi connectivity index (χ2n) is 2.58. The van der Waals surface area contributed by atoms with Crippen molar-refractivity contribution in [2.24, 2.45) is 0 Å². The first-order valence-electron chi connectivity index (χ1n) is 3.85. The summed E-state index contributed by atoms with van der Waals surface area (Å²) in [4.78, 5) is 0. The number of nitrogens with one attached hydrogen (secondary N) is 1. The smallest absolute Gasteiger partial charge is 0.160 e. The van der Waals surface area contributed by atoms with Gasteiger partial charge in [0.05, 0.1) is 6.54 Å². The van der Waals surface area contributed by atoms with Gasteiger partial charge in [0, 0.05) is 6.20 Å². The van der Waals surface area contributed by atoms with Crippen LogP contribution in [0.2, 0.25) is 0 Å². The summed E-state index contributed by atoms with van der Waals surface area (Å²) in [5.74, 6) is 0.938. The standard InChI is InChI=1S/C8H10N4.ClH/c1-9-6-8-11-10-7-4-2-3-5-12(7)8;/h2-5,9H,6H2,1H3;1H. The number of fused-ring (bicyclic) bond motifs is 1. The molecule has 0 aliphatic carbocycles. The van der Waals surface area contributed by atoms with E-state index in [9.17, 15) is 0 Å². The zero-order chi connectivity index (χ0) is 8.39. The van der Waals surface area contributed by atoms with Gasteiger partial charge in [0.15, 0.2) is 11.5 Å². The average molecular weight is 199 g/mol. The highest BCUT2D eigenvalue weighted by atomic mass is 35.5. The molecule has 13 heavy (non-hydrogen) atoms. The predicted molar refractivity (Wildman–Crippen MR) is 53.0 cm³/mol. The molecule has 0 aromatic carbocycles. The monoisotopic (exact) mass is 198 g/mol. The molecule has 2 aromatic heterocycles. The van der Waals surface area contributed by atoms with E-state index in [0.717, 1.165) is 18.0 Å². The SMILES string of the molecule is CNCc1nnc2ccccn12.Cl. The normalized spacial score (nSPS) is 9.92. The van der Waals surface area contributed by atoms with E-state index >= 15 is 0 Å². The first-order valence-corrected chi connectivity index (χ1v) is 3.85. The van der Waals surface area contributed by atoms with Gasteiger partial charge in [0.25, 0.3) is 0 Å². The van der Waals surface area contributed by atoms with Gasteiger partial charge in [-0.15, -0.1) is 22.6 Å². The zero-order valence-corrected chi connectivity index (χ0v) is 8.08. The first-order chi connectivity index (χ1) is 5.92. The minimum absolute atomic E-state index is 0. The molecule has 5 heteroatoms. The third-order valence-electron chi connectivity index (χ3n) is 1.72. The molecule has 0 aliphatic rings. The van der Waals surface area contributed by atoms with Crippen LogP contribution in [0, 0.1) is 0 Å². The van der Waals surface area contributed by atoms with Crippen molar-refractivity contribution in [1.29, 1.82) is 0 Å². The highest BCUT2D eigenvalue weighted by Gasteiger charge is 2.00. The number of rotatable bonds is 2. The van der Waals surface area contributed by atoms with Gasteiger partial charge < -0.3 is 5.32 Å². The van der Waals surface area contributed by atoms with Gasteiger partial charge in [-0.05, 0) is 19.2 Å². The largest absolute Gasteiger partial charge is 0.313 e. The maximum Gasteiger partial charge on any atom is 0.160 e. The Kier molecular flexibility index (Phi) is 3.22. The van der Waals surface area contributed by atoms with Gasteiger partial charge in [0.1, 0.15) is 0 Å². The minimum Gasteiger partial charge on any atom is -0.313 e. The van der Waals surface area contributed by atoms with Gasteiger partial charge in [0.2, 0.25) is 0 Å². The minimum atomic E-state index is 0. The van der Waals surface area contributed by atoms with Crippen LogP contribution in [0.15, 0.2) is 24.4 Å². The molecule has 4 nitrogen and oxygen atoms in total. The van der Waals surface area contributed by atoms with Crippen LogP contribution in [-0.4, -0.2) is 21.6 Å². The molecular weight excluding hydrogens is 188 g/mol. The van der Waals surface area contributed by atoms with Crippen LogP contribution in [0.5, 0.6) is 0 Å². The second-order valence-corrected chi connectivity index (χ2v) is 2.58. The summed E-state index contributed by atoms with van der Waals surface area (Å²) in [6.45, 7) is 0.741. The predicted octanol–water partition coefficient (Wildman–Crippen LogP) is 0.870. The fraction of sp³-hybridized carbons (Fsp3) is 0.250. The Hall–Kier alpha value is -1.13. The average Bonchev–Trinajstić information content (AvgIpc) is 2.50. The van der Waals surface area contributed by atoms with Gasteiger partial charge in [-0.1, -0.05) is 6.07 Å². The molecule has 0 spiro atoms. The van der Waals surface area contributed by atoms with Crippen molar-refractivity contribution in [2.75, 3.05) is 7.05 Å². The number of pyridine rings is 1.